The van der Waals surface area contributed by atoms with Gasteiger partial charge in [-0.15, -0.1) is 0 Å². The molecular formula is C54H46BN3. The van der Waals surface area contributed by atoms with E-state index in [2.05, 4.69) is 226 Å². The van der Waals surface area contributed by atoms with Gasteiger partial charge in [0.05, 0.1) is 16.7 Å². The highest BCUT2D eigenvalue weighted by molar-refractivity contribution is 7.01. The van der Waals surface area contributed by atoms with Gasteiger partial charge >= 0.3 is 0 Å². The number of para-hydroxylation sites is 3. The maximum absolute atomic E-state index is 2.53. The minimum Gasteiger partial charge on any atom is -0.311 e. The Kier molecular flexibility index (Phi) is 7.48. The standard InChI is InChI=1S/C54H46BN3/c1-53(2,3)36-26-29-45-42(31-36)43-32-37(54(4,5)6)27-30-46(43)58(45)40-33-49-52-50(34-40)57(39-20-11-8-12-21-39)48-28-25-35-17-13-14-22-41(35)51(48)55(52)44-23-15-16-24-47(44)56(49)38-18-9-7-10-19-38/h7-34H,1-6H3. The molecule has 4 heteroatoms. The number of hydrogen-bond donors (Lipinski definition) is 0. The Morgan fingerprint density at radius 1 is 0.379 bits per heavy atom. The lowest BCUT2D eigenvalue weighted by molar-refractivity contribution is 0.590. The summed E-state index contributed by atoms with van der Waals surface area (Å²) < 4.78 is 2.53. The van der Waals surface area contributed by atoms with Gasteiger partial charge in [-0.05, 0) is 122 Å². The Hall–Kier alpha value is -6.52. The maximum Gasteiger partial charge on any atom is 0.252 e. The monoisotopic (exact) mass is 747 g/mol. The van der Waals surface area contributed by atoms with E-state index >= 15 is 0 Å². The zero-order valence-electron chi connectivity index (χ0n) is 34.1. The van der Waals surface area contributed by atoms with Crippen molar-refractivity contribution >= 4 is 89.8 Å². The summed E-state index contributed by atoms with van der Waals surface area (Å²) in [6, 6.07) is 63.8. The Bertz CT molecular complexity index is 3000. The van der Waals surface area contributed by atoms with E-state index < -0.39 is 0 Å². The van der Waals surface area contributed by atoms with Crippen LogP contribution in [-0.2, 0) is 10.8 Å². The third-order valence-electron chi connectivity index (χ3n) is 12.6. The molecule has 0 amide bonds. The molecule has 58 heavy (non-hydrogen) atoms. The van der Waals surface area contributed by atoms with Crippen LogP contribution in [-0.4, -0.2) is 11.3 Å². The van der Waals surface area contributed by atoms with Gasteiger partial charge in [-0.2, -0.15) is 0 Å². The zero-order chi connectivity index (χ0) is 39.5. The fourth-order valence-electron chi connectivity index (χ4n) is 9.78. The molecule has 0 radical (unpaired) electrons. The van der Waals surface area contributed by atoms with Crippen LogP contribution in [0.2, 0.25) is 0 Å². The molecule has 9 aromatic rings. The SMILES string of the molecule is CC(C)(C)c1ccc2c(c1)c1cc(C(C)(C)C)ccc1n2-c1cc2c3c(c1)N(c1ccccc1)c1ccc4ccccc4c1B3c1ccccc1N2c1ccccc1. The Labute approximate surface area is 341 Å². The second-order valence-corrected chi connectivity index (χ2v) is 18.3. The summed E-state index contributed by atoms with van der Waals surface area (Å²) in [6.45, 7) is 13.9. The number of fused-ring (bicyclic) bond motifs is 9. The minimum atomic E-state index is 0.0204. The minimum absolute atomic E-state index is 0.0204. The molecule has 0 aliphatic carbocycles. The van der Waals surface area contributed by atoms with Gasteiger partial charge in [0.15, 0.2) is 0 Å². The van der Waals surface area contributed by atoms with Crippen molar-refractivity contribution in [2.75, 3.05) is 9.80 Å². The van der Waals surface area contributed by atoms with Crippen molar-refractivity contribution in [3.8, 4) is 5.69 Å². The van der Waals surface area contributed by atoms with Crippen molar-refractivity contribution in [2.45, 2.75) is 52.4 Å². The highest BCUT2D eigenvalue weighted by Gasteiger charge is 2.44. The fourth-order valence-corrected chi connectivity index (χ4v) is 9.78. The molecule has 11 rings (SSSR count). The van der Waals surface area contributed by atoms with E-state index in [1.54, 1.807) is 0 Å². The van der Waals surface area contributed by atoms with Crippen molar-refractivity contribution in [3.63, 3.8) is 0 Å². The van der Waals surface area contributed by atoms with E-state index in [9.17, 15) is 0 Å². The number of benzene rings is 8. The summed E-state index contributed by atoms with van der Waals surface area (Å²) in [5.74, 6) is 0. The smallest absolute Gasteiger partial charge is 0.252 e. The van der Waals surface area contributed by atoms with E-state index in [0.29, 0.717) is 0 Å². The van der Waals surface area contributed by atoms with Crippen LogP contribution in [0.3, 0.4) is 0 Å². The van der Waals surface area contributed by atoms with E-state index in [1.807, 2.05) is 0 Å². The molecule has 0 saturated carbocycles. The van der Waals surface area contributed by atoms with Crippen LogP contribution in [0.15, 0.2) is 170 Å². The molecule has 3 nitrogen and oxygen atoms in total. The van der Waals surface area contributed by atoms with Crippen LogP contribution in [0.4, 0.5) is 34.1 Å². The molecule has 2 aliphatic heterocycles. The van der Waals surface area contributed by atoms with Crippen LogP contribution >= 0.6 is 0 Å². The van der Waals surface area contributed by atoms with Crippen LogP contribution in [0.25, 0.3) is 38.3 Å². The fraction of sp³-hybridized carbons (Fsp3) is 0.148. The summed E-state index contributed by atoms with van der Waals surface area (Å²) in [7, 11) is 0. The van der Waals surface area contributed by atoms with Gasteiger partial charge in [-0.3, -0.25) is 0 Å². The summed E-state index contributed by atoms with van der Waals surface area (Å²) in [4.78, 5) is 5.04. The lowest BCUT2D eigenvalue weighted by Crippen LogP contribution is -2.61. The summed E-state index contributed by atoms with van der Waals surface area (Å²) in [5, 5.41) is 5.13. The molecule has 0 fully saturated rings. The molecule has 0 bridgehead atoms. The molecule has 0 atom stereocenters. The first kappa shape index (κ1) is 34.7. The van der Waals surface area contributed by atoms with Gasteiger partial charge in [0.25, 0.3) is 6.71 Å². The molecular weight excluding hydrogens is 701 g/mol. The molecule has 2 aliphatic rings. The van der Waals surface area contributed by atoms with Crippen molar-refractivity contribution in [1.82, 2.24) is 4.57 Å². The molecule has 0 N–H and O–H groups in total. The number of rotatable bonds is 3. The average molecular weight is 748 g/mol. The lowest BCUT2D eigenvalue weighted by atomic mass is 9.33. The van der Waals surface area contributed by atoms with Crippen molar-refractivity contribution < 1.29 is 0 Å². The van der Waals surface area contributed by atoms with Crippen molar-refractivity contribution in [2.24, 2.45) is 0 Å². The largest absolute Gasteiger partial charge is 0.311 e. The number of hydrogen-bond acceptors (Lipinski definition) is 2. The summed E-state index contributed by atoms with van der Waals surface area (Å²) in [5.41, 5.74) is 17.4. The number of anilines is 6. The number of aromatic nitrogens is 1. The molecule has 3 heterocycles. The summed E-state index contributed by atoms with van der Waals surface area (Å²) >= 11 is 0. The predicted molar refractivity (Wildman–Crippen MR) is 250 cm³/mol. The predicted octanol–water partition coefficient (Wildman–Crippen LogP) is 12.6. The lowest BCUT2D eigenvalue weighted by Gasteiger charge is -2.44. The Morgan fingerprint density at radius 3 is 1.48 bits per heavy atom. The molecule has 0 spiro atoms. The first-order valence-corrected chi connectivity index (χ1v) is 20.6. The highest BCUT2D eigenvalue weighted by Crippen LogP contribution is 2.47. The Balaban J connectivity index is 1.30. The molecule has 1 aromatic heterocycles. The van der Waals surface area contributed by atoms with Gasteiger partial charge in [-0.25, -0.2) is 0 Å². The van der Waals surface area contributed by atoms with Gasteiger partial charge in [-0.1, -0.05) is 139 Å². The van der Waals surface area contributed by atoms with E-state index in [-0.39, 0.29) is 17.5 Å². The second-order valence-electron chi connectivity index (χ2n) is 18.3. The van der Waals surface area contributed by atoms with E-state index in [4.69, 9.17) is 0 Å². The van der Waals surface area contributed by atoms with Crippen LogP contribution in [0.5, 0.6) is 0 Å². The first-order valence-electron chi connectivity index (χ1n) is 20.6. The molecule has 0 saturated heterocycles. The molecule has 0 unspecified atom stereocenters. The number of nitrogens with zero attached hydrogens (tertiary/aromatic N) is 3. The van der Waals surface area contributed by atoms with Crippen LogP contribution in [0.1, 0.15) is 52.7 Å². The molecule has 8 aromatic carbocycles. The molecule has 280 valence electrons. The van der Waals surface area contributed by atoms with Gasteiger partial charge in [0.2, 0.25) is 0 Å². The van der Waals surface area contributed by atoms with Gasteiger partial charge < -0.3 is 14.4 Å². The Morgan fingerprint density at radius 2 is 0.897 bits per heavy atom. The maximum atomic E-state index is 2.53. The topological polar surface area (TPSA) is 11.4 Å². The van der Waals surface area contributed by atoms with E-state index in [0.717, 1.165) is 17.1 Å². The van der Waals surface area contributed by atoms with Crippen molar-refractivity contribution in [1.29, 1.82) is 0 Å². The average Bonchev–Trinajstić information content (AvgIpc) is 3.56. The van der Waals surface area contributed by atoms with E-state index in [1.165, 1.54) is 82.8 Å². The highest BCUT2D eigenvalue weighted by atomic mass is 15.2. The van der Waals surface area contributed by atoms with Crippen LogP contribution in [0, 0.1) is 0 Å². The van der Waals surface area contributed by atoms with Gasteiger partial charge in [0, 0.05) is 44.9 Å². The first-order chi connectivity index (χ1) is 28.1. The van der Waals surface area contributed by atoms with Crippen molar-refractivity contribution in [3.05, 3.63) is 181 Å². The summed E-state index contributed by atoms with van der Waals surface area (Å²) in [6.07, 6.45) is 0. The normalized spacial score (nSPS) is 13.6. The zero-order valence-corrected chi connectivity index (χ0v) is 34.1. The van der Waals surface area contributed by atoms with Gasteiger partial charge in [0.1, 0.15) is 0 Å². The second kappa shape index (κ2) is 12.5. The van der Waals surface area contributed by atoms with Crippen LogP contribution < -0.4 is 26.2 Å². The quantitative estimate of drug-likeness (QED) is 0.167. The third kappa shape index (κ3) is 5.14. The third-order valence-corrected chi connectivity index (χ3v) is 12.6.